The fraction of sp³-hybridized carbons (Fsp3) is 0.118. The van der Waals surface area contributed by atoms with Crippen molar-refractivity contribution in [2.75, 3.05) is 13.7 Å². The Balaban J connectivity index is 1.87. The lowest BCUT2D eigenvalue weighted by Crippen LogP contribution is -2.43. The number of carbonyl (C=O) groups is 3. The Hall–Kier alpha value is -4.55. The van der Waals surface area contributed by atoms with Gasteiger partial charge in [0.25, 0.3) is 17.5 Å². The third-order valence-electron chi connectivity index (χ3n) is 3.60. The van der Waals surface area contributed by atoms with Crippen LogP contribution in [0.5, 0.6) is 5.75 Å². The van der Waals surface area contributed by atoms with Crippen molar-refractivity contribution in [3.8, 4) is 5.75 Å². The van der Waals surface area contributed by atoms with Crippen LogP contribution in [-0.2, 0) is 9.53 Å². The molecular formula is C17H14N4O9. The molecule has 0 heterocycles. The molecule has 0 spiro atoms. The molecule has 2 N–H and O–H groups in total. The first-order chi connectivity index (χ1) is 14.2. The summed E-state index contributed by atoms with van der Waals surface area (Å²) in [5.74, 6) is -2.70. The summed E-state index contributed by atoms with van der Waals surface area (Å²) in [4.78, 5) is 55.7. The summed E-state index contributed by atoms with van der Waals surface area (Å²) < 4.78 is 9.55. The van der Waals surface area contributed by atoms with Crippen LogP contribution in [0.2, 0.25) is 0 Å². The van der Waals surface area contributed by atoms with Crippen LogP contribution in [0.4, 0.5) is 11.4 Å². The number of hydrogen-bond acceptors (Lipinski definition) is 9. The molecular weight excluding hydrogens is 404 g/mol. The number of nitrogens with zero attached hydrogens (tertiary/aromatic N) is 2. The fourth-order valence-electron chi connectivity index (χ4n) is 2.14. The molecule has 2 amide bonds. The predicted octanol–water partition coefficient (Wildman–Crippen LogP) is 1.13. The van der Waals surface area contributed by atoms with Crippen molar-refractivity contribution in [3.63, 3.8) is 0 Å². The van der Waals surface area contributed by atoms with Gasteiger partial charge in [0.15, 0.2) is 12.4 Å². The van der Waals surface area contributed by atoms with Gasteiger partial charge in [0.1, 0.15) is 0 Å². The Bertz CT molecular complexity index is 1000. The number of amides is 2. The Morgan fingerprint density at radius 1 is 0.933 bits per heavy atom. The van der Waals surface area contributed by atoms with Gasteiger partial charge in [0.2, 0.25) is 0 Å². The molecule has 0 radical (unpaired) electrons. The maximum absolute atomic E-state index is 12.0. The molecule has 0 saturated carbocycles. The van der Waals surface area contributed by atoms with Gasteiger partial charge >= 0.3 is 11.7 Å². The van der Waals surface area contributed by atoms with Crippen molar-refractivity contribution in [2.45, 2.75) is 0 Å². The van der Waals surface area contributed by atoms with Gasteiger partial charge in [0.05, 0.1) is 22.5 Å². The summed E-state index contributed by atoms with van der Waals surface area (Å²) in [6.07, 6.45) is 0. The number of nitro benzene ring substituents is 2. The minimum absolute atomic E-state index is 0.0448. The summed E-state index contributed by atoms with van der Waals surface area (Å²) in [7, 11) is 1.23. The molecule has 2 rings (SSSR count). The van der Waals surface area contributed by atoms with E-state index in [2.05, 4.69) is 0 Å². The van der Waals surface area contributed by atoms with Crippen molar-refractivity contribution >= 4 is 29.2 Å². The smallest absolute Gasteiger partial charge is 0.338 e. The van der Waals surface area contributed by atoms with Crippen molar-refractivity contribution in [3.05, 3.63) is 73.8 Å². The number of nitrogens with one attached hydrogen (secondary N) is 2. The van der Waals surface area contributed by atoms with Gasteiger partial charge < -0.3 is 9.47 Å². The quantitative estimate of drug-likeness (QED) is 0.378. The van der Waals surface area contributed by atoms with E-state index >= 15 is 0 Å². The maximum atomic E-state index is 12.0. The number of methoxy groups -OCH3 is 1. The average Bonchev–Trinajstić information content (AvgIpc) is 2.75. The third kappa shape index (κ3) is 5.48. The average molecular weight is 418 g/mol. The second-order valence-electron chi connectivity index (χ2n) is 5.53. The SMILES string of the molecule is COc1ccc(C(=O)OCC(=O)NNC(=O)c2ccc([N+](=O)[O-])cc2)cc1[N+](=O)[O-]. The monoisotopic (exact) mass is 418 g/mol. The van der Waals surface area contributed by atoms with E-state index in [1.165, 1.54) is 31.4 Å². The van der Waals surface area contributed by atoms with Crippen LogP contribution in [0.15, 0.2) is 42.5 Å². The predicted molar refractivity (Wildman–Crippen MR) is 98.6 cm³/mol. The molecule has 13 nitrogen and oxygen atoms in total. The third-order valence-corrected chi connectivity index (χ3v) is 3.60. The highest BCUT2D eigenvalue weighted by molar-refractivity contribution is 5.96. The maximum Gasteiger partial charge on any atom is 0.338 e. The topological polar surface area (TPSA) is 180 Å². The van der Waals surface area contributed by atoms with E-state index in [1.54, 1.807) is 0 Å². The number of benzene rings is 2. The van der Waals surface area contributed by atoms with Crippen LogP contribution in [0.3, 0.4) is 0 Å². The molecule has 156 valence electrons. The van der Waals surface area contributed by atoms with Gasteiger partial charge in [-0.2, -0.15) is 0 Å². The van der Waals surface area contributed by atoms with Crippen LogP contribution in [0.1, 0.15) is 20.7 Å². The lowest BCUT2D eigenvalue weighted by atomic mass is 10.2. The normalized spacial score (nSPS) is 9.90. The van der Waals surface area contributed by atoms with Gasteiger partial charge in [-0.05, 0) is 24.3 Å². The lowest BCUT2D eigenvalue weighted by Gasteiger charge is -2.08. The Labute approximate surface area is 167 Å². The zero-order valence-corrected chi connectivity index (χ0v) is 15.3. The summed E-state index contributed by atoms with van der Waals surface area (Å²) in [5, 5.41) is 21.6. The Kier molecular flexibility index (Phi) is 6.95. The fourth-order valence-corrected chi connectivity index (χ4v) is 2.14. The van der Waals surface area contributed by atoms with Crippen LogP contribution < -0.4 is 15.6 Å². The number of rotatable bonds is 7. The van der Waals surface area contributed by atoms with Gasteiger partial charge in [0, 0.05) is 23.8 Å². The van der Waals surface area contributed by atoms with E-state index in [-0.39, 0.29) is 22.6 Å². The number of hydrogen-bond donors (Lipinski definition) is 2. The Morgan fingerprint density at radius 2 is 1.57 bits per heavy atom. The molecule has 0 aliphatic carbocycles. The molecule has 30 heavy (non-hydrogen) atoms. The second kappa shape index (κ2) is 9.59. The van der Waals surface area contributed by atoms with Gasteiger partial charge in [-0.1, -0.05) is 0 Å². The Morgan fingerprint density at radius 3 is 2.13 bits per heavy atom. The number of non-ortho nitro benzene ring substituents is 1. The molecule has 0 aromatic heterocycles. The minimum atomic E-state index is -1.00. The van der Waals surface area contributed by atoms with Crippen molar-refractivity contribution in [1.29, 1.82) is 0 Å². The zero-order valence-electron chi connectivity index (χ0n) is 15.3. The second-order valence-corrected chi connectivity index (χ2v) is 5.53. The standard InChI is InChI=1S/C17H14N4O9/c1-29-14-7-4-11(8-13(14)21(27)28)17(24)30-9-15(22)18-19-16(23)10-2-5-12(6-3-10)20(25)26/h2-8H,9H2,1H3,(H,18,22)(H,19,23). The van der Waals surface area contributed by atoms with Crippen LogP contribution in [0.25, 0.3) is 0 Å². The molecule has 0 unspecified atom stereocenters. The number of ether oxygens (including phenoxy) is 2. The van der Waals surface area contributed by atoms with E-state index in [4.69, 9.17) is 9.47 Å². The summed E-state index contributed by atoms with van der Waals surface area (Å²) in [5.41, 5.74) is 3.25. The highest BCUT2D eigenvalue weighted by atomic mass is 16.6. The summed E-state index contributed by atoms with van der Waals surface area (Å²) >= 11 is 0. The van der Waals surface area contributed by atoms with Crippen LogP contribution in [-0.4, -0.2) is 41.3 Å². The first kappa shape index (κ1) is 21.7. The zero-order chi connectivity index (χ0) is 22.3. The minimum Gasteiger partial charge on any atom is -0.490 e. The molecule has 0 aliphatic heterocycles. The van der Waals surface area contributed by atoms with Gasteiger partial charge in [-0.3, -0.25) is 40.7 Å². The van der Waals surface area contributed by atoms with Crippen molar-refractivity contribution < 1.29 is 33.7 Å². The highest BCUT2D eigenvalue weighted by Gasteiger charge is 2.19. The number of nitro groups is 2. The number of carbonyl (C=O) groups excluding carboxylic acids is 3. The highest BCUT2D eigenvalue weighted by Crippen LogP contribution is 2.27. The van der Waals surface area contributed by atoms with Gasteiger partial charge in [-0.15, -0.1) is 0 Å². The summed E-state index contributed by atoms with van der Waals surface area (Å²) in [6.45, 7) is -0.779. The van der Waals surface area contributed by atoms with E-state index in [0.29, 0.717) is 0 Å². The molecule has 0 bridgehead atoms. The van der Waals surface area contributed by atoms with Crippen molar-refractivity contribution in [2.24, 2.45) is 0 Å². The first-order valence-electron chi connectivity index (χ1n) is 8.06. The summed E-state index contributed by atoms with van der Waals surface area (Å²) in [6, 6.07) is 7.99. The molecule has 0 saturated heterocycles. The van der Waals surface area contributed by atoms with E-state index in [9.17, 15) is 34.6 Å². The van der Waals surface area contributed by atoms with Gasteiger partial charge in [-0.25, -0.2) is 4.79 Å². The first-order valence-corrected chi connectivity index (χ1v) is 8.06. The molecule has 0 atom stereocenters. The van der Waals surface area contributed by atoms with E-state index in [1.807, 2.05) is 10.9 Å². The molecule has 2 aromatic rings. The number of esters is 1. The lowest BCUT2D eigenvalue weighted by molar-refractivity contribution is -0.385. The van der Waals surface area contributed by atoms with E-state index < -0.39 is 39.9 Å². The largest absolute Gasteiger partial charge is 0.490 e. The van der Waals surface area contributed by atoms with E-state index in [0.717, 1.165) is 18.2 Å². The van der Waals surface area contributed by atoms with Crippen LogP contribution >= 0.6 is 0 Å². The molecule has 0 aliphatic rings. The molecule has 13 heteroatoms. The van der Waals surface area contributed by atoms with Crippen LogP contribution in [0, 0.1) is 20.2 Å². The number of hydrazine groups is 1. The molecule has 0 fully saturated rings. The molecule has 2 aromatic carbocycles. The van der Waals surface area contributed by atoms with Crippen molar-refractivity contribution in [1.82, 2.24) is 10.9 Å².